The normalized spacial score (nSPS) is 11.6. The first kappa shape index (κ1) is 27.3. The van der Waals surface area contributed by atoms with Crippen LogP contribution in [0.25, 0.3) is 12.2 Å². The largest absolute Gasteiger partial charge is 0.488 e. The molecule has 0 atom stereocenters. The van der Waals surface area contributed by atoms with Crippen LogP contribution in [-0.4, -0.2) is 12.6 Å². The fraction of sp³-hybridized carbons (Fsp3) is 0.0625. The number of ether oxygens (including phenoxy) is 2. The maximum atomic E-state index is 12.1. The highest BCUT2D eigenvalue weighted by atomic mass is 79.9. The van der Waals surface area contributed by atoms with Crippen LogP contribution in [0.15, 0.2) is 117 Å². The van der Waals surface area contributed by atoms with Crippen molar-refractivity contribution >= 4 is 56.6 Å². The Morgan fingerprint density at radius 2 is 0.921 bits per heavy atom. The average Bonchev–Trinajstić information content (AvgIpc) is 2.95. The number of carbonyl (C=O) groups excluding carboxylic acids is 2. The van der Waals surface area contributed by atoms with E-state index in [9.17, 15) is 9.59 Å². The van der Waals surface area contributed by atoms with Crippen molar-refractivity contribution < 1.29 is 19.1 Å². The number of allylic oxidation sites excluding steroid dienone is 2. The molecule has 0 saturated heterocycles. The maximum Gasteiger partial charge on any atom is 0.150 e. The first-order chi connectivity index (χ1) is 18.6. The zero-order valence-corrected chi connectivity index (χ0v) is 23.5. The van der Waals surface area contributed by atoms with Gasteiger partial charge in [-0.2, -0.15) is 0 Å². The molecule has 4 nitrogen and oxygen atoms in total. The molecule has 6 heteroatoms. The number of halogens is 2. The fourth-order valence-electron chi connectivity index (χ4n) is 3.65. The lowest BCUT2D eigenvalue weighted by Gasteiger charge is -2.11. The molecule has 38 heavy (non-hydrogen) atoms. The minimum Gasteiger partial charge on any atom is -0.488 e. The van der Waals surface area contributed by atoms with Crippen molar-refractivity contribution in [3.05, 3.63) is 139 Å². The van der Waals surface area contributed by atoms with E-state index >= 15 is 0 Å². The molecule has 0 radical (unpaired) electrons. The second-order valence-corrected chi connectivity index (χ2v) is 10.2. The Hall–Kier alpha value is -3.74. The SMILES string of the molecule is O=CC(=Cc1ccccc1OCc1ccc(Br)cc1)C(C=O)=Cc1ccccc1OCc1ccc(Br)cc1. The highest BCUT2D eigenvalue weighted by Gasteiger charge is 2.10. The monoisotopic (exact) mass is 630 g/mol. The van der Waals surface area contributed by atoms with E-state index < -0.39 is 0 Å². The van der Waals surface area contributed by atoms with Gasteiger partial charge in [-0.3, -0.25) is 9.59 Å². The van der Waals surface area contributed by atoms with Gasteiger partial charge in [0.25, 0.3) is 0 Å². The van der Waals surface area contributed by atoms with Gasteiger partial charge in [-0.15, -0.1) is 0 Å². The molecule has 0 heterocycles. The number of carbonyl (C=O) groups is 2. The standard InChI is InChI=1S/C32H24Br2O4/c33-29-13-9-23(10-14-29)21-37-31-7-3-1-5-25(31)17-27(19-35)28(20-36)18-26-6-2-4-8-32(26)38-22-24-11-15-30(34)16-12-24/h1-20H,21-22H2. The van der Waals surface area contributed by atoms with Crippen LogP contribution in [0.1, 0.15) is 22.3 Å². The number of hydrogen-bond acceptors (Lipinski definition) is 4. The molecule has 0 aliphatic carbocycles. The van der Waals surface area contributed by atoms with Crippen LogP contribution >= 0.6 is 31.9 Å². The molecule has 0 amide bonds. The van der Waals surface area contributed by atoms with Gasteiger partial charge in [0.05, 0.1) is 0 Å². The maximum absolute atomic E-state index is 12.1. The summed E-state index contributed by atoms with van der Waals surface area (Å²) in [5, 5.41) is 0. The van der Waals surface area contributed by atoms with E-state index in [-0.39, 0.29) is 11.1 Å². The molecule has 0 aliphatic rings. The molecule has 4 aromatic rings. The average molecular weight is 632 g/mol. The molecule has 0 fully saturated rings. The van der Waals surface area contributed by atoms with Crippen molar-refractivity contribution in [3.8, 4) is 11.5 Å². The molecule has 190 valence electrons. The van der Waals surface area contributed by atoms with Crippen LogP contribution in [-0.2, 0) is 22.8 Å². The predicted molar refractivity (Wildman–Crippen MR) is 158 cm³/mol. The zero-order chi connectivity index (χ0) is 26.7. The lowest BCUT2D eigenvalue weighted by Crippen LogP contribution is -1.99. The summed E-state index contributed by atoms with van der Waals surface area (Å²) in [6.45, 7) is 0.738. The smallest absolute Gasteiger partial charge is 0.150 e. The lowest BCUT2D eigenvalue weighted by molar-refractivity contribution is -0.107. The Labute approximate surface area is 238 Å². The number of aldehydes is 2. The van der Waals surface area contributed by atoms with Crippen molar-refractivity contribution in [2.24, 2.45) is 0 Å². The Bertz CT molecular complexity index is 1340. The van der Waals surface area contributed by atoms with Crippen LogP contribution in [0.2, 0.25) is 0 Å². The van der Waals surface area contributed by atoms with E-state index in [2.05, 4.69) is 31.9 Å². The molecule has 4 aromatic carbocycles. The Kier molecular flexibility index (Phi) is 9.84. The minimum atomic E-state index is 0.238. The highest BCUT2D eigenvalue weighted by Crippen LogP contribution is 2.27. The highest BCUT2D eigenvalue weighted by molar-refractivity contribution is 9.10. The number of para-hydroxylation sites is 2. The number of rotatable bonds is 11. The second-order valence-electron chi connectivity index (χ2n) is 8.34. The van der Waals surface area contributed by atoms with E-state index in [0.29, 0.717) is 48.4 Å². The van der Waals surface area contributed by atoms with Gasteiger partial charge >= 0.3 is 0 Å². The van der Waals surface area contributed by atoms with Crippen molar-refractivity contribution in [3.63, 3.8) is 0 Å². The Morgan fingerprint density at radius 3 is 1.29 bits per heavy atom. The molecule has 0 aliphatic heterocycles. The van der Waals surface area contributed by atoms with E-state index in [1.165, 1.54) is 0 Å². The first-order valence-electron chi connectivity index (χ1n) is 11.8. The molecule has 0 N–H and O–H groups in total. The quantitative estimate of drug-likeness (QED) is 0.0950. The van der Waals surface area contributed by atoms with Gasteiger partial charge in [-0.25, -0.2) is 0 Å². The third-order valence-corrected chi connectivity index (χ3v) is 6.72. The van der Waals surface area contributed by atoms with E-state index in [4.69, 9.17) is 9.47 Å². The van der Waals surface area contributed by atoms with Crippen molar-refractivity contribution in [1.29, 1.82) is 0 Å². The van der Waals surface area contributed by atoms with Crippen LogP contribution in [0.5, 0.6) is 11.5 Å². The van der Waals surface area contributed by atoms with Crippen LogP contribution in [0, 0.1) is 0 Å². The Balaban J connectivity index is 1.57. The van der Waals surface area contributed by atoms with Crippen LogP contribution in [0.3, 0.4) is 0 Å². The van der Waals surface area contributed by atoms with Crippen LogP contribution < -0.4 is 9.47 Å². The molecule has 0 unspecified atom stereocenters. The van der Waals surface area contributed by atoms with Gasteiger partial charge in [0.1, 0.15) is 24.7 Å². The fourth-order valence-corrected chi connectivity index (χ4v) is 4.18. The zero-order valence-electron chi connectivity index (χ0n) is 20.4. The van der Waals surface area contributed by atoms with Gasteiger partial charge in [0.2, 0.25) is 0 Å². The van der Waals surface area contributed by atoms with Gasteiger partial charge in [0, 0.05) is 31.2 Å². The molecule has 0 bridgehead atoms. The van der Waals surface area contributed by atoms with Crippen LogP contribution in [0.4, 0.5) is 0 Å². The third kappa shape index (κ3) is 7.63. The molecule has 0 aromatic heterocycles. The summed E-state index contributed by atoms with van der Waals surface area (Å²) in [5.41, 5.74) is 3.88. The van der Waals surface area contributed by atoms with E-state index in [1.807, 2.05) is 97.1 Å². The minimum absolute atomic E-state index is 0.238. The van der Waals surface area contributed by atoms with Gasteiger partial charge < -0.3 is 9.47 Å². The van der Waals surface area contributed by atoms with Crippen molar-refractivity contribution in [1.82, 2.24) is 0 Å². The summed E-state index contributed by atoms with van der Waals surface area (Å²) in [7, 11) is 0. The Morgan fingerprint density at radius 1 is 0.553 bits per heavy atom. The molecule has 0 spiro atoms. The molecular weight excluding hydrogens is 608 g/mol. The van der Waals surface area contributed by atoms with Crippen molar-refractivity contribution in [2.45, 2.75) is 13.2 Å². The summed E-state index contributed by atoms with van der Waals surface area (Å²) in [4.78, 5) is 24.2. The van der Waals surface area contributed by atoms with E-state index in [0.717, 1.165) is 20.1 Å². The lowest BCUT2D eigenvalue weighted by atomic mass is 10.0. The van der Waals surface area contributed by atoms with Gasteiger partial charge in [-0.05, 0) is 59.7 Å². The summed E-state index contributed by atoms with van der Waals surface area (Å²) >= 11 is 6.87. The number of benzene rings is 4. The van der Waals surface area contributed by atoms with E-state index in [1.54, 1.807) is 12.2 Å². The summed E-state index contributed by atoms with van der Waals surface area (Å²) in [6, 6.07) is 30.5. The molecule has 0 saturated carbocycles. The summed E-state index contributed by atoms with van der Waals surface area (Å²) in [5.74, 6) is 1.22. The van der Waals surface area contributed by atoms with Gasteiger partial charge in [0.15, 0.2) is 12.6 Å². The second kappa shape index (κ2) is 13.7. The third-order valence-electron chi connectivity index (χ3n) is 5.66. The molecular formula is C32H24Br2O4. The molecule has 4 rings (SSSR count). The predicted octanol–water partition coefficient (Wildman–Crippen LogP) is 8.23. The summed E-state index contributed by atoms with van der Waals surface area (Å²) in [6.07, 6.45) is 4.68. The first-order valence-corrected chi connectivity index (χ1v) is 13.4. The topological polar surface area (TPSA) is 52.6 Å². The van der Waals surface area contributed by atoms with Gasteiger partial charge in [-0.1, -0.05) is 92.5 Å². The van der Waals surface area contributed by atoms with Crippen molar-refractivity contribution in [2.75, 3.05) is 0 Å². The number of hydrogen-bond donors (Lipinski definition) is 0. The summed E-state index contributed by atoms with van der Waals surface area (Å²) < 4.78 is 14.1.